The first kappa shape index (κ1) is 14.8. The number of hydrogen-bond acceptors (Lipinski definition) is 3. The lowest BCUT2D eigenvalue weighted by Crippen LogP contribution is -2.56. The van der Waals surface area contributed by atoms with Gasteiger partial charge in [0.25, 0.3) is 0 Å². The number of rotatable bonds is 2. The van der Waals surface area contributed by atoms with Gasteiger partial charge in [0.15, 0.2) is 0 Å². The molecule has 0 aromatic carbocycles. The predicted molar refractivity (Wildman–Crippen MR) is 76.6 cm³/mol. The fourth-order valence-corrected chi connectivity index (χ4v) is 3.75. The SMILES string of the molecule is CCN1CCC(O)(C2(C#N)CCC(C)(C)CC2)CC1. The summed E-state index contributed by atoms with van der Waals surface area (Å²) in [6.07, 6.45) is 5.35. The summed E-state index contributed by atoms with van der Waals surface area (Å²) >= 11 is 0. The lowest BCUT2D eigenvalue weighted by molar-refractivity contribution is -0.118. The van der Waals surface area contributed by atoms with Crippen LogP contribution >= 0.6 is 0 Å². The largest absolute Gasteiger partial charge is 0.388 e. The van der Waals surface area contributed by atoms with Crippen molar-refractivity contribution in [3.8, 4) is 6.07 Å². The van der Waals surface area contributed by atoms with Gasteiger partial charge in [0.05, 0.1) is 17.1 Å². The van der Waals surface area contributed by atoms with Crippen LogP contribution in [0.1, 0.15) is 59.3 Å². The molecule has 2 fully saturated rings. The molecule has 0 atom stereocenters. The van der Waals surface area contributed by atoms with Crippen LogP contribution in [0.5, 0.6) is 0 Å². The zero-order valence-electron chi connectivity index (χ0n) is 12.7. The third kappa shape index (κ3) is 2.66. The van der Waals surface area contributed by atoms with Gasteiger partial charge in [-0.05, 0) is 50.5 Å². The van der Waals surface area contributed by atoms with Gasteiger partial charge in [-0.1, -0.05) is 20.8 Å². The minimum atomic E-state index is -0.760. The molecule has 0 unspecified atom stereocenters. The van der Waals surface area contributed by atoms with Crippen LogP contribution < -0.4 is 0 Å². The summed E-state index contributed by atoms with van der Waals surface area (Å²) in [5.41, 5.74) is -0.924. The Balaban J connectivity index is 2.12. The number of piperidine rings is 1. The van der Waals surface area contributed by atoms with Gasteiger partial charge in [-0.15, -0.1) is 0 Å². The standard InChI is InChI=1S/C16H28N2O/c1-4-18-11-9-16(19,10-12-18)15(13-17)7-5-14(2,3)6-8-15/h19H,4-12H2,1-3H3. The average molecular weight is 264 g/mol. The highest BCUT2D eigenvalue weighted by atomic mass is 16.3. The van der Waals surface area contributed by atoms with E-state index in [-0.39, 0.29) is 0 Å². The van der Waals surface area contributed by atoms with Gasteiger partial charge in [0.2, 0.25) is 0 Å². The molecule has 0 aromatic rings. The molecule has 0 aromatic heterocycles. The first-order chi connectivity index (χ1) is 8.86. The van der Waals surface area contributed by atoms with Gasteiger partial charge in [-0.25, -0.2) is 0 Å². The normalized spacial score (nSPS) is 29.6. The minimum Gasteiger partial charge on any atom is -0.388 e. The molecule has 0 bridgehead atoms. The van der Waals surface area contributed by atoms with E-state index in [1.54, 1.807) is 0 Å². The molecule has 1 heterocycles. The fourth-order valence-electron chi connectivity index (χ4n) is 3.75. The molecule has 1 aliphatic heterocycles. The Bertz CT molecular complexity index is 351. The Labute approximate surface area is 117 Å². The Hall–Kier alpha value is -0.590. The summed E-state index contributed by atoms with van der Waals surface area (Å²) < 4.78 is 0. The molecule has 2 aliphatic rings. The zero-order valence-corrected chi connectivity index (χ0v) is 12.7. The molecule has 3 heteroatoms. The second kappa shape index (κ2) is 5.07. The van der Waals surface area contributed by atoms with E-state index < -0.39 is 11.0 Å². The van der Waals surface area contributed by atoms with Crippen molar-refractivity contribution < 1.29 is 5.11 Å². The Morgan fingerprint density at radius 3 is 2.00 bits per heavy atom. The van der Waals surface area contributed by atoms with Crippen LogP contribution in [0.25, 0.3) is 0 Å². The van der Waals surface area contributed by atoms with Crippen molar-refractivity contribution in [3.63, 3.8) is 0 Å². The van der Waals surface area contributed by atoms with E-state index in [0.717, 1.165) is 58.2 Å². The van der Waals surface area contributed by atoms with Gasteiger partial charge in [-0.2, -0.15) is 5.26 Å². The molecule has 0 radical (unpaired) electrons. The predicted octanol–water partition coefficient (Wildman–Crippen LogP) is 2.94. The molecule has 19 heavy (non-hydrogen) atoms. The summed E-state index contributed by atoms with van der Waals surface area (Å²) in [6, 6.07) is 2.53. The van der Waals surface area contributed by atoms with Crippen LogP contribution in [0.2, 0.25) is 0 Å². The van der Waals surface area contributed by atoms with Crippen LogP contribution in [0.15, 0.2) is 0 Å². The maximum Gasteiger partial charge on any atom is 0.0861 e. The van der Waals surface area contributed by atoms with Crippen molar-refractivity contribution in [2.75, 3.05) is 19.6 Å². The van der Waals surface area contributed by atoms with Gasteiger partial charge in [0, 0.05) is 13.1 Å². The van der Waals surface area contributed by atoms with Gasteiger partial charge >= 0.3 is 0 Å². The minimum absolute atomic E-state index is 0.334. The fraction of sp³-hybridized carbons (Fsp3) is 0.938. The third-order valence-electron chi connectivity index (χ3n) is 5.69. The van der Waals surface area contributed by atoms with Crippen LogP contribution in [0.4, 0.5) is 0 Å². The van der Waals surface area contributed by atoms with E-state index >= 15 is 0 Å². The van der Waals surface area contributed by atoms with Crippen molar-refractivity contribution in [3.05, 3.63) is 0 Å². The Kier molecular flexibility index (Phi) is 3.95. The van der Waals surface area contributed by atoms with Crippen LogP contribution in [-0.2, 0) is 0 Å². The van der Waals surface area contributed by atoms with Crippen molar-refractivity contribution in [2.45, 2.75) is 64.9 Å². The van der Waals surface area contributed by atoms with E-state index in [9.17, 15) is 10.4 Å². The van der Waals surface area contributed by atoms with Gasteiger partial charge in [0.1, 0.15) is 0 Å². The second-order valence-electron chi connectivity index (χ2n) is 7.32. The molecule has 0 spiro atoms. The monoisotopic (exact) mass is 264 g/mol. The summed E-state index contributed by atoms with van der Waals surface area (Å²) in [4.78, 5) is 2.37. The van der Waals surface area contributed by atoms with E-state index in [1.165, 1.54) is 0 Å². The topological polar surface area (TPSA) is 47.3 Å². The lowest BCUT2D eigenvalue weighted by Gasteiger charge is -2.51. The summed E-state index contributed by atoms with van der Waals surface area (Å²) in [5.74, 6) is 0. The second-order valence-corrected chi connectivity index (χ2v) is 7.32. The van der Waals surface area contributed by atoms with Crippen LogP contribution in [0.3, 0.4) is 0 Å². The van der Waals surface area contributed by atoms with E-state index in [2.05, 4.69) is 31.7 Å². The number of hydrogen-bond donors (Lipinski definition) is 1. The van der Waals surface area contributed by atoms with E-state index in [1.807, 2.05) is 0 Å². The molecule has 108 valence electrons. The maximum absolute atomic E-state index is 11.1. The van der Waals surface area contributed by atoms with E-state index in [0.29, 0.717) is 5.41 Å². The molecule has 1 saturated heterocycles. The Morgan fingerprint density at radius 1 is 1.05 bits per heavy atom. The highest BCUT2D eigenvalue weighted by molar-refractivity contribution is 5.15. The summed E-state index contributed by atoms with van der Waals surface area (Å²) in [6.45, 7) is 9.62. The van der Waals surface area contributed by atoms with Crippen molar-refractivity contribution in [2.24, 2.45) is 10.8 Å². The smallest absolute Gasteiger partial charge is 0.0861 e. The lowest BCUT2D eigenvalue weighted by atomic mass is 9.57. The number of nitriles is 1. The molecule has 1 aliphatic carbocycles. The van der Waals surface area contributed by atoms with E-state index in [4.69, 9.17) is 0 Å². The molecular weight excluding hydrogens is 236 g/mol. The van der Waals surface area contributed by atoms with Gasteiger partial charge < -0.3 is 10.0 Å². The highest BCUT2D eigenvalue weighted by Gasteiger charge is 2.54. The number of likely N-dealkylation sites (tertiary alicyclic amines) is 1. The van der Waals surface area contributed by atoms with Crippen molar-refractivity contribution in [1.82, 2.24) is 4.90 Å². The van der Waals surface area contributed by atoms with Crippen LogP contribution in [0, 0.1) is 22.2 Å². The number of aliphatic hydroxyl groups is 1. The molecule has 0 amide bonds. The first-order valence-electron chi connectivity index (χ1n) is 7.72. The molecule has 1 saturated carbocycles. The van der Waals surface area contributed by atoms with Crippen molar-refractivity contribution in [1.29, 1.82) is 5.26 Å². The van der Waals surface area contributed by atoms with Gasteiger partial charge in [-0.3, -0.25) is 0 Å². The molecular formula is C16H28N2O. The Morgan fingerprint density at radius 2 is 1.58 bits per heavy atom. The number of nitrogens with zero attached hydrogens (tertiary/aromatic N) is 2. The molecule has 3 nitrogen and oxygen atoms in total. The first-order valence-corrected chi connectivity index (χ1v) is 7.72. The quantitative estimate of drug-likeness (QED) is 0.834. The third-order valence-corrected chi connectivity index (χ3v) is 5.69. The maximum atomic E-state index is 11.1. The van der Waals surface area contributed by atoms with Crippen molar-refractivity contribution >= 4 is 0 Å². The van der Waals surface area contributed by atoms with Crippen LogP contribution in [-0.4, -0.2) is 35.2 Å². The summed E-state index contributed by atoms with van der Waals surface area (Å²) in [7, 11) is 0. The zero-order chi connectivity index (χ0) is 14.1. The molecule has 2 rings (SSSR count). The highest BCUT2D eigenvalue weighted by Crippen LogP contribution is 2.53. The molecule has 1 N–H and O–H groups in total. The average Bonchev–Trinajstić information content (AvgIpc) is 2.40. The summed E-state index contributed by atoms with van der Waals surface area (Å²) in [5, 5.41) is 20.8.